The van der Waals surface area contributed by atoms with Crippen LogP contribution in [-0.4, -0.2) is 34.6 Å². The van der Waals surface area contributed by atoms with Crippen molar-refractivity contribution in [1.82, 2.24) is 15.1 Å². The number of hydrogen-bond acceptors (Lipinski definition) is 3. The van der Waals surface area contributed by atoms with Crippen molar-refractivity contribution in [3.8, 4) is 0 Å². The van der Waals surface area contributed by atoms with E-state index in [2.05, 4.69) is 44.3 Å². The maximum Gasteiger partial charge on any atom is 0.0619 e. The van der Waals surface area contributed by atoms with Crippen LogP contribution < -0.4 is 5.32 Å². The molecule has 1 aromatic heterocycles. The lowest BCUT2D eigenvalue weighted by Crippen LogP contribution is -2.47. The van der Waals surface area contributed by atoms with Crippen molar-refractivity contribution in [3.63, 3.8) is 0 Å². The van der Waals surface area contributed by atoms with Crippen molar-refractivity contribution in [2.75, 3.05) is 13.2 Å². The van der Waals surface area contributed by atoms with Crippen LogP contribution in [0, 0.1) is 5.41 Å². The van der Waals surface area contributed by atoms with Crippen LogP contribution in [0.5, 0.6) is 0 Å². The Bertz CT molecular complexity index is 421. The van der Waals surface area contributed by atoms with E-state index < -0.39 is 0 Å². The molecule has 2 atom stereocenters. The molecule has 1 aliphatic rings. The first kappa shape index (κ1) is 14.5. The molecule has 4 nitrogen and oxygen atoms in total. The Hall–Kier alpha value is -0.870. The first-order chi connectivity index (χ1) is 8.81. The Labute approximate surface area is 116 Å². The van der Waals surface area contributed by atoms with Gasteiger partial charge in [0.1, 0.15) is 0 Å². The Morgan fingerprint density at radius 3 is 2.74 bits per heavy atom. The van der Waals surface area contributed by atoms with Crippen molar-refractivity contribution in [1.29, 1.82) is 0 Å². The van der Waals surface area contributed by atoms with Crippen LogP contribution in [-0.2, 0) is 18.2 Å². The average Bonchev–Trinajstić information content (AvgIpc) is 2.84. The van der Waals surface area contributed by atoms with E-state index in [1.165, 1.54) is 5.56 Å². The molecular formula is C15H27N3O. The molecule has 2 rings (SSSR count). The summed E-state index contributed by atoms with van der Waals surface area (Å²) in [6.45, 7) is 10.7. The number of hydrogen-bond donors (Lipinski definition) is 1. The van der Waals surface area contributed by atoms with Crippen LogP contribution in [0.3, 0.4) is 0 Å². The van der Waals surface area contributed by atoms with Crippen molar-refractivity contribution < 1.29 is 4.74 Å². The van der Waals surface area contributed by atoms with Crippen LogP contribution in [0.2, 0.25) is 0 Å². The topological polar surface area (TPSA) is 39.1 Å². The molecule has 2 unspecified atom stereocenters. The molecule has 19 heavy (non-hydrogen) atoms. The molecule has 0 spiro atoms. The lowest BCUT2D eigenvalue weighted by molar-refractivity contribution is 0.0598. The molecule has 1 N–H and O–H groups in total. The Balaban J connectivity index is 2.11. The molecule has 0 aromatic carbocycles. The molecular weight excluding hydrogens is 238 g/mol. The molecule has 1 saturated heterocycles. The minimum Gasteiger partial charge on any atom is -0.378 e. The third-order valence-corrected chi connectivity index (χ3v) is 4.12. The highest BCUT2D eigenvalue weighted by atomic mass is 16.5. The highest BCUT2D eigenvalue weighted by Gasteiger charge is 2.42. The average molecular weight is 265 g/mol. The SMILES string of the molecule is CC1OCCC1(CNC(C)(C)C)Cc1cnn(C)c1. The predicted molar refractivity (Wildman–Crippen MR) is 77.1 cm³/mol. The zero-order chi connectivity index (χ0) is 14.1. The Morgan fingerprint density at radius 1 is 1.53 bits per heavy atom. The fraction of sp³-hybridized carbons (Fsp3) is 0.800. The van der Waals surface area contributed by atoms with Gasteiger partial charge in [-0.25, -0.2) is 0 Å². The van der Waals surface area contributed by atoms with Crippen molar-refractivity contribution in [3.05, 3.63) is 18.0 Å². The number of aryl methyl sites for hydroxylation is 1. The molecule has 4 heteroatoms. The summed E-state index contributed by atoms with van der Waals surface area (Å²) in [4.78, 5) is 0. The van der Waals surface area contributed by atoms with Gasteiger partial charge in [-0.1, -0.05) is 0 Å². The smallest absolute Gasteiger partial charge is 0.0619 e. The third-order valence-electron chi connectivity index (χ3n) is 4.12. The Morgan fingerprint density at radius 2 is 2.26 bits per heavy atom. The van der Waals surface area contributed by atoms with E-state index in [0.717, 1.165) is 26.0 Å². The van der Waals surface area contributed by atoms with Gasteiger partial charge in [0.2, 0.25) is 0 Å². The summed E-state index contributed by atoms with van der Waals surface area (Å²) in [6.07, 6.45) is 6.54. The molecule has 0 radical (unpaired) electrons. The maximum absolute atomic E-state index is 5.85. The summed E-state index contributed by atoms with van der Waals surface area (Å²) in [5.74, 6) is 0. The monoisotopic (exact) mass is 265 g/mol. The van der Waals surface area contributed by atoms with Crippen LogP contribution >= 0.6 is 0 Å². The maximum atomic E-state index is 5.85. The first-order valence-electron chi connectivity index (χ1n) is 7.15. The van der Waals surface area contributed by atoms with Crippen LogP contribution in [0.15, 0.2) is 12.4 Å². The summed E-state index contributed by atoms with van der Waals surface area (Å²) in [7, 11) is 1.97. The number of rotatable bonds is 4. The molecule has 0 aliphatic carbocycles. The van der Waals surface area contributed by atoms with Crippen molar-refractivity contribution >= 4 is 0 Å². The summed E-state index contributed by atoms with van der Waals surface area (Å²) < 4.78 is 7.72. The first-order valence-corrected chi connectivity index (χ1v) is 7.15. The van der Waals surface area contributed by atoms with Gasteiger partial charge in [-0.2, -0.15) is 5.10 Å². The normalized spacial score (nSPS) is 27.9. The number of nitrogens with one attached hydrogen (secondary N) is 1. The standard InChI is InChI=1S/C15H27N3O/c1-12-15(6-7-19-12,11-16-14(2,3)4)8-13-9-17-18(5)10-13/h9-10,12,16H,6-8,11H2,1-5H3. The Kier molecular flexibility index (Phi) is 4.02. The zero-order valence-electron chi connectivity index (χ0n) is 12.9. The van der Waals surface area contributed by atoms with E-state index in [1.54, 1.807) is 0 Å². The fourth-order valence-electron chi connectivity index (χ4n) is 2.76. The van der Waals surface area contributed by atoms with E-state index in [0.29, 0.717) is 6.10 Å². The fourth-order valence-corrected chi connectivity index (χ4v) is 2.76. The second-order valence-corrected chi connectivity index (χ2v) is 6.93. The zero-order valence-corrected chi connectivity index (χ0v) is 12.9. The molecule has 1 fully saturated rings. The number of aromatic nitrogens is 2. The van der Waals surface area contributed by atoms with Gasteiger partial charge >= 0.3 is 0 Å². The molecule has 1 aromatic rings. The van der Waals surface area contributed by atoms with Gasteiger partial charge in [-0.05, 0) is 46.1 Å². The molecule has 0 saturated carbocycles. The summed E-state index contributed by atoms with van der Waals surface area (Å²) >= 11 is 0. The molecule has 0 amide bonds. The third kappa shape index (κ3) is 3.57. The van der Waals surface area contributed by atoms with Gasteiger partial charge in [0.25, 0.3) is 0 Å². The minimum atomic E-state index is 0.143. The lowest BCUT2D eigenvalue weighted by atomic mass is 9.76. The quantitative estimate of drug-likeness (QED) is 0.906. The molecule has 0 bridgehead atoms. The second-order valence-electron chi connectivity index (χ2n) is 6.93. The van der Waals surface area contributed by atoms with E-state index in [9.17, 15) is 0 Å². The van der Waals surface area contributed by atoms with Crippen molar-refractivity contribution in [2.24, 2.45) is 12.5 Å². The van der Waals surface area contributed by atoms with Gasteiger partial charge in [0.05, 0.1) is 12.3 Å². The van der Waals surface area contributed by atoms with E-state index in [1.807, 2.05) is 17.9 Å². The number of ether oxygens (including phenoxy) is 1. The lowest BCUT2D eigenvalue weighted by Gasteiger charge is -2.35. The highest BCUT2D eigenvalue weighted by Crippen LogP contribution is 2.38. The minimum absolute atomic E-state index is 0.143. The van der Waals surface area contributed by atoms with Crippen LogP contribution in [0.25, 0.3) is 0 Å². The summed E-state index contributed by atoms with van der Waals surface area (Å²) in [5.41, 5.74) is 1.64. The van der Waals surface area contributed by atoms with Gasteiger partial charge < -0.3 is 10.1 Å². The second kappa shape index (κ2) is 5.25. The number of nitrogens with zero attached hydrogens (tertiary/aromatic N) is 2. The van der Waals surface area contributed by atoms with Crippen molar-refractivity contribution in [2.45, 2.75) is 52.2 Å². The van der Waals surface area contributed by atoms with E-state index >= 15 is 0 Å². The van der Waals surface area contributed by atoms with Crippen LogP contribution in [0.4, 0.5) is 0 Å². The van der Waals surface area contributed by atoms with Gasteiger partial charge in [-0.15, -0.1) is 0 Å². The van der Waals surface area contributed by atoms with Gasteiger partial charge in [-0.3, -0.25) is 4.68 Å². The summed E-state index contributed by atoms with van der Waals surface area (Å²) in [6, 6.07) is 0. The van der Waals surface area contributed by atoms with Gasteiger partial charge in [0, 0.05) is 37.4 Å². The van der Waals surface area contributed by atoms with Gasteiger partial charge in [0.15, 0.2) is 0 Å². The highest BCUT2D eigenvalue weighted by molar-refractivity contribution is 5.10. The van der Waals surface area contributed by atoms with E-state index in [4.69, 9.17) is 4.74 Å². The van der Waals surface area contributed by atoms with Crippen LogP contribution in [0.1, 0.15) is 39.7 Å². The van der Waals surface area contributed by atoms with E-state index in [-0.39, 0.29) is 11.0 Å². The summed E-state index contributed by atoms with van der Waals surface area (Å²) in [5, 5.41) is 7.93. The molecule has 108 valence electrons. The predicted octanol–water partition coefficient (Wildman–Crippen LogP) is 2.15. The largest absolute Gasteiger partial charge is 0.378 e. The molecule has 1 aliphatic heterocycles. The molecule has 2 heterocycles.